The van der Waals surface area contributed by atoms with Crippen molar-refractivity contribution in [1.82, 2.24) is 26.6 Å². The van der Waals surface area contributed by atoms with Gasteiger partial charge in [-0.15, -0.1) is 0 Å². The maximum atomic E-state index is 13.8. The van der Waals surface area contributed by atoms with Gasteiger partial charge in [0.05, 0.1) is 12.5 Å². The smallest absolute Gasteiger partial charge is 0.326 e. The zero-order valence-corrected chi connectivity index (χ0v) is 32.3. The molecule has 0 saturated carbocycles. The Balaban J connectivity index is 6.46. The second kappa shape index (κ2) is 26.1. The van der Waals surface area contributed by atoms with Crippen LogP contribution >= 0.6 is 0 Å². The monoisotopic (exact) mass is 800 g/mol. The van der Waals surface area contributed by atoms with Crippen molar-refractivity contribution in [1.29, 1.82) is 0 Å². The predicted molar refractivity (Wildman–Crippen MR) is 203 cm³/mol. The number of carboxylic acids is 3. The molecule has 0 aliphatic heterocycles. The van der Waals surface area contributed by atoms with Crippen LogP contribution in [-0.4, -0.2) is 124 Å². The van der Waals surface area contributed by atoms with Crippen molar-refractivity contribution in [2.24, 2.45) is 50.5 Å². The fourth-order valence-corrected chi connectivity index (χ4v) is 5.10. The standard InChI is InChI=1S/C33H60N12O11/c1-5-17(4)25(31(55)56)45-29(53)20(9-7-13-40-33(37)38)42-30(54)22(14-16(2)3)44-28(52)21(10-11-23(46)47)43-27(51)19(8-6-12-39-32(35)36)41-26(50)18(34)15-24(48)49/h16-22,25H,5-15,34H2,1-4H3,(H,41,50)(H,42,54)(H,43,51)(H,44,52)(H,45,53)(H,46,47)(H,48,49)(H,55,56)(H4,35,36,39)(H4,37,38,40)/t17-,18-,19-,20-,21-,22-,25-/m0/s1. The highest BCUT2D eigenvalue weighted by molar-refractivity contribution is 5.96. The first kappa shape index (κ1) is 50.3. The van der Waals surface area contributed by atoms with E-state index in [4.69, 9.17) is 33.8 Å². The van der Waals surface area contributed by atoms with Gasteiger partial charge in [0, 0.05) is 19.5 Å². The number of nitrogens with one attached hydrogen (secondary N) is 5. The topological polar surface area (TPSA) is 412 Å². The van der Waals surface area contributed by atoms with Crippen LogP contribution in [0.2, 0.25) is 0 Å². The minimum absolute atomic E-state index is 0.00900. The van der Waals surface area contributed by atoms with E-state index >= 15 is 0 Å². The molecule has 56 heavy (non-hydrogen) atoms. The predicted octanol–water partition coefficient (Wildman–Crippen LogP) is -3.64. The fraction of sp³-hybridized carbons (Fsp3) is 0.697. The van der Waals surface area contributed by atoms with Gasteiger partial charge in [-0.05, 0) is 50.4 Å². The summed E-state index contributed by atoms with van der Waals surface area (Å²) in [6, 6.07) is -8.43. The van der Waals surface area contributed by atoms with Crippen molar-refractivity contribution in [3.8, 4) is 0 Å². The van der Waals surface area contributed by atoms with Crippen molar-refractivity contribution in [3.63, 3.8) is 0 Å². The number of carbonyl (C=O) groups excluding carboxylic acids is 5. The number of aliphatic carboxylic acids is 3. The van der Waals surface area contributed by atoms with E-state index in [0.717, 1.165) is 0 Å². The van der Waals surface area contributed by atoms with Crippen LogP contribution in [-0.2, 0) is 38.4 Å². The summed E-state index contributed by atoms with van der Waals surface area (Å²) in [6.45, 7) is 6.97. The first-order valence-electron chi connectivity index (χ1n) is 18.1. The number of carboxylic acid groups (broad SMARTS) is 3. The van der Waals surface area contributed by atoms with Gasteiger partial charge in [-0.2, -0.15) is 0 Å². The zero-order chi connectivity index (χ0) is 43.1. The lowest BCUT2D eigenvalue weighted by Crippen LogP contribution is -2.59. The maximum absolute atomic E-state index is 13.8. The average Bonchev–Trinajstić information content (AvgIpc) is 3.09. The van der Waals surface area contributed by atoms with E-state index in [1.807, 2.05) is 0 Å². The molecule has 0 bridgehead atoms. The normalized spacial score (nSPS) is 14.6. The molecular formula is C33H60N12O11. The number of hydrogen-bond acceptors (Lipinski definition) is 11. The molecule has 23 heteroatoms. The summed E-state index contributed by atoms with van der Waals surface area (Å²) in [4.78, 5) is 109. The zero-order valence-electron chi connectivity index (χ0n) is 32.3. The highest BCUT2D eigenvalue weighted by Crippen LogP contribution is 2.12. The highest BCUT2D eigenvalue weighted by atomic mass is 16.4. The molecule has 0 radical (unpaired) electrons. The van der Waals surface area contributed by atoms with Gasteiger partial charge in [-0.25, -0.2) is 4.79 Å². The van der Waals surface area contributed by atoms with Crippen molar-refractivity contribution >= 4 is 59.4 Å². The third-order valence-corrected chi connectivity index (χ3v) is 8.28. The number of hydrogen-bond donors (Lipinski definition) is 13. The molecule has 0 aromatic rings. The van der Waals surface area contributed by atoms with Gasteiger partial charge in [0.25, 0.3) is 0 Å². The van der Waals surface area contributed by atoms with E-state index in [-0.39, 0.29) is 63.0 Å². The van der Waals surface area contributed by atoms with Crippen molar-refractivity contribution in [3.05, 3.63) is 0 Å². The summed E-state index contributed by atoms with van der Waals surface area (Å²) < 4.78 is 0. The van der Waals surface area contributed by atoms with Crippen molar-refractivity contribution < 1.29 is 53.7 Å². The van der Waals surface area contributed by atoms with E-state index in [2.05, 4.69) is 36.6 Å². The highest BCUT2D eigenvalue weighted by Gasteiger charge is 2.34. The van der Waals surface area contributed by atoms with E-state index in [1.165, 1.54) is 0 Å². The molecular weight excluding hydrogens is 740 g/mol. The number of nitrogens with two attached hydrogens (primary N) is 5. The average molecular weight is 801 g/mol. The van der Waals surface area contributed by atoms with Gasteiger partial charge < -0.3 is 70.6 Å². The third-order valence-electron chi connectivity index (χ3n) is 8.28. The van der Waals surface area contributed by atoms with Crippen LogP contribution in [0, 0.1) is 11.8 Å². The molecule has 0 aliphatic rings. The van der Waals surface area contributed by atoms with Crippen LogP contribution in [0.15, 0.2) is 9.98 Å². The lowest BCUT2D eigenvalue weighted by molar-refractivity contribution is -0.144. The quantitative estimate of drug-likeness (QED) is 0.0206. The van der Waals surface area contributed by atoms with Crippen molar-refractivity contribution in [2.75, 3.05) is 13.1 Å². The number of amides is 5. The first-order chi connectivity index (χ1) is 26.1. The Morgan fingerprint density at radius 1 is 0.589 bits per heavy atom. The Bertz CT molecular complexity index is 1420. The van der Waals surface area contributed by atoms with E-state index in [1.54, 1.807) is 27.7 Å². The largest absolute Gasteiger partial charge is 0.481 e. The summed E-state index contributed by atoms with van der Waals surface area (Å²) in [5.74, 6) is -9.71. The minimum atomic E-state index is -1.57. The molecule has 0 spiro atoms. The van der Waals surface area contributed by atoms with Crippen LogP contribution in [0.5, 0.6) is 0 Å². The van der Waals surface area contributed by atoms with Crippen LogP contribution < -0.4 is 55.3 Å². The second-order valence-electron chi connectivity index (χ2n) is 13.6. The lowest BCUT2D eigenvalue weighted by atomic mass is 9.98. The van der Waals surface area contributed by atoms with Gasteiger partial charge in [0.15, 0.2) is 11.9 Å². The number of carbonyl (C=O) groups is 8. The maximum Gasteiger partial charge on any atom is 0.326 e. The SMILES string of the molecule is CC[C@H](C)[C@H](NC(=O)[C@H](CCCN=C(N)N)NC(=O)[C@H](CC(C)C)NC(=O)[C@H](CCC(=O)O)NC(=O)[C@H](CCCN=C(N)N)NC(=O)[C@@H](N)CC(=O)O)C(=O)O. The number of rotatable bonds is 28. The van der Waals surface area contributed by atoms with Crippen LogP contribution in [0.25, 0.3) is 0 Å². The molecule has 5 amide bonds. The molecule has 0 aromatic carbocycles. The molecule has 0 aliphatic carbocycles. The number of aliphatic imine (C=N–C) groups is 2. The van der Waals surface area contributed by atoms with Gasteiger partial charge in [-0.3, -0.25) is 43.5 Å². The summed E-state index contributed by atoms with van der Waals surface area (Å²) >= 11 is 0. The Labute approximate surface area is 324 Å². The Morgan fingerprint density at radius 2 is 1.00 bits per heavy atom. The summed E-state index contributed by atoms with van der Waals surface area (Å²) in [5.41, 5.74) is 27.1. The minimum Gasteiger partial charge on any atom is -0.481 e. The molecule has 0 aromatic heterocycles. The second-order valence-corrected chi connectivity index (χ2v) is 13.6. The summed E-state index contributed by atoms with van der Waals surface area (Å²) in [6.07, 6.45) is -1.24. The van der Waals surface area contributed by atoms with Crippen molar-refractivity contribution in [2.45, 2.75) is 122 Å². The van der Waals surface area contributed by atoms with Gasteiger partial charge in [-0.1, -0.05) is 34.1 Å². The summed E-state index contributed by atoms with van der Waals surface area (Å²) in [7, 11) is 0. The lowest BCUT2D eigenvalue weighted by Gasteiger charge is -2.28. The van der Waals surface area contributed by atoms with Crippen LogP contribution in [0.4, 0.5) is 0 Å². The number of nitrogens with zero attached hydrogens (tertiary/aromatic N) is 2. The molecule has 318 valence electrons. The Hall–Kier alpha value is -5.74. The van der Waals surface area contributed by atoms with E-state index in [0.29, 0.717) is 6.42 Å². The Morgan fingerprint density at radius 3 is 1.39 bits per heavy atom. The molecule has 0 heterocycles. The first-order valence-corrected chi connectivity index (χ1v) is 18.1. The molecule has 7 atom stereocenters. The van der Waals surface area contributed by atoms with Gasteiger partial charge in [0.2, 0.25) is 29.5 Å². The van der Waals surface area contributed by atoms with E-state index < -0.39 is 109 Å². The number of guanidine groups is 2. The van der Waals surface area contributed by atoms with Crippen LogP contribution in [0.3, 0.4) is 0 Å². The van der Waals surface area contributed by atoms with Gasteiger partial charge in [0.1, 0.15) is 30.2 Å². The molecule has 0 saturated heterocycles. The Kier molecular flexibility index (Phi) is 23.5. The molecule has 0 unspecified atom stereocenters. The summed E-state index contributed by atoms with van der Waals surface area (Å²) in [5, 5.41) is 40.4. The molecule has 0 rings (SSSR count). The van der Waals surface area contributed by atoms with Gasteiger partial charge >= 0.3 is 17.9 Å². The third kappa shape index (κ3) is 21.2. The van der Waals surface area contributed by atoms with Crippen LogP contribution in [0.1, 0.15) is 85.5 Å². The van der Waals surface area contributed by atoms with E-state index in [9.17, 15) is 48.6 Å². The molecule has 0 fully saturated rings. The molecule has 18 N–H and O–H groups in total. The molecule has 23 nitrogen and oxygen atoms in total. The fourth-order valence-electron chi connectivity index (χ4n) is 5.10.